The third-order valence-electron chi connectivity index (χ3n) is 7.20. The quantitative estimate of drug-likeness (QED) is 0.713. The second-order valence-electron chi connectivity index (χ2n) is 10.4. The highest BCUT2D eigenvalue weighted by atomic mass is 16.6. The molecule has 2 atom stereocenters. The van der Waals surface area contributed by atoms with Crippen molar-refractivity contribution in [3.63, 3.8) is 0 Å². The van der Waals surface area contributed by atoms with E-state index >= 15 is 0 Å². The van der Waals surface area contributed by atoms with Crippen LogP contribution in [0.15, 0.2) is 24.3 Å². The van der Waals surface area contributed by atoms with Gasteiger partial charge in [-0.1, -0.05) is 6.07 Å². The van der Waals surface area contributed by atoms with E-state index in [0.717, 1.165) is 51.0 Å². The lowest BCUT2D eigenvalue weighted by atomic mass is 9.90. The van der Waals surface area contributed by atoms with Gasteiger partial charge in [-0.15, -0.1) is 0 Å². The molecule has 2 aromatic rings. The van der Waals surface area contributed by atoms with Crippen molar-refractivity contribution in [1.29, 1.82) is 5.26 Å². The number of fused-ring (bicyclic) bond motifs is 1. The monoisotopic (exact) mass is 421 g/mol. The molecule has 3 heterocycles. The molecular weight excluding hydrogens is 390 g/mol. The van der Waals surface area contributed by atoms with Crippen molar-refractivity contribution in [2.75, 3.05) is 19.7 Å². The summed E-state index contributed by atoms with van der Waals surface area (Å²) in [6.45, 7) is 8.95. The van der Waals surface area contributed by atoms with Gasteiger partial charge in [-0.25, -0.2) is 4.79 Å². The number of aromatic nitrogens is 1. The highest BCUT2D eigenvalue weighted by molar-refractivity contribution is 5.83. The van der Waals surface area contributed by atoms with E-state index in [1.54, 1.807) is 0 Å². The van der Waals surface area contributed by atoms with E-state index in [0.29, 0.717) is 11.5 Å². The fourth-order valence-corrected chi connectivity index (χ4v) is 5.25. The minimum Gasteiger partial charge on any atom is -0.444 e. The Morgan fingerprint density at radius 3 is 2.65 bits per heavy atom. The Balaban J connectivity index is 1.36. The third-order valence-corrected chi connectivity index (χ3v) is 7.20. The summed E-state index contributed by atoms with van der Waals surface area (Å²) in [4.78, 5) is 14.3. The maximum absolute atomic E-state index is 12.4. The molecule has 0 radical (unpaired) electrons. The van der Waals surface area contributed by atoms with E-state index in [-0.39, 0.29) is 17.6 Å². The average Bonchev–Trinajstić information content (AvgIpc) is 3.25. The van der Waals surface area contributed by atoms with Crippen LogP contribution < -0.4 is 0 Å². The number of likely N-dealkylation sites (tertiary alicyclic amines) is 1. The first-order valence-corrected chi connectivity index (χ1v) is 11.4. The van der Waals surface area contributed by atoms with E-state index in [1.165, 1.54) is 17.5 Å². The molecule has 0 N–H and O–H groups in total. The summed E-state index contributed by atoms with van der Waals surface area (Å²) >= 11 is 0. The second kappa shape index (κ2) is 7.27. The number of hydrogen-bond donors (Lipinski definition) is 0. The fraction of sp³-hybridized carbons (Fsp3) is 0.600. The average molecular weight is 422 g/mol. The van der Waals surface area contributed by atoms with Gasteiger partial charge in [0, 0.05) is 43.4 Å². The van der Waals surface area contributed by atoms with Crippen LogP contribution in [-0.4, -0.2) is 47.0 Å². The number of piperidine rings is 1. The fourth-order valence-electron chi connectivity index (χ4n) is 5.25. The highest BCUT2D eigenvalue weighted by Gasteiger charge is 2.57. The van der Waals surface area contributed by atoms with Crippen LogP contribution in [0.4, 0.5) is 4.79 Å². The first kappa shape index (κ1) is 20.4. The molecule has 3 fully saturated rings. The predicted octanol–water partition coefficient (Wildman–Crippen LogP) is 4.81. The van der Waals surface area contributed by atoms with Crippen molar-refractivity contribution in [2.24, 2.45) is 5.41 Å². The number of nitrogens with zero attached hydrogens (tertiary/aromatic N) is 3. The van der Waals surface area contributed by atoms with Gasteiger partial charge in [-0.2, -0.15) is 5.26 Å². The molecule has 1 aromatic heterocycles. The molecule has 3 aliphatic rings. The van der Waals surface area contributed by atoms with Crippen LogP contribution in [0.1, 0.15) is 63.6 Å². The van der Waals surface area contributed by atoms with Crippen molar-refractivity contribution in [2.45, 2.75) is 70.6 Å². The topological polar surface area (TPSA) is 67.5 Å². The molecule has 1 amide bonds. The Bertz CT molecular complexity index is 1050. The maximum Gasteiger partial charge on any atom is 0.410 e. The molecule has 0 unspecified atom stereocenters. The van der Waals surface area contributed by atoms with Crippen LogP contribution in [0.25, 0.3) is 10.9 Å². The zero-order valence-electron chi connectivity index (χ0n) is 18.7. The van der Waals surface area contributed by atoms with Gasteiger partial charge in [-0.05, 0) is 75.5 Å². The van der Waals surface area contributed by atoms with Crippen LogP contribution in [0, 0.1) is 16.7 Å². The van der Waals surface area contributed by atoms with Gasteiger partial charge in [0.15, 0.2) is 0 Å². The summed E-state index contributed by atoms with van der Waals surface area (Å²) in [5.41, 5.74) is 3.03. The number of nitriles is 1. The molecule has 5 rings (SSSR count). The maximum atomic E-state index is 12.4. The van der Waals surface area contributed by atoms with Crippen LogP contribution in [-0.2, 0) is 16.0 Å². The third kappa shape index (κ3) is 3.80. The number of carbonyl (C=O) groups is 1. The van der Waals surface area contributed by atoms with Crippen molar-refractivity contribution in [3.05, 3.63) is 35.5 Å². The van der Waals surface area contributed by atoms with Gasteiger partial charge >= 0.3 is 6.09 Å². The summed E-state index contributed by atoms with van der Waals surface area (Å²) in [6, 6.07) is 10.6. The van der Waals surface area contributed by atoms with Crippen molar-refractivity contribution >= 4 is 17.0 Å². The molecule has 6 nitrogen and oxygen atoms in total. The summed E-state index contributed by atoms with van der Waals surface area (Å²) in [6.07, 6.45) is 4.37. The lowest BCUT2D eigenvalue weighted by molar-refractivity contribution is -0.0589. The van der Waals surface area contributed by atoms with E-state index in [1.807, 2.05) is 37.8 Å². The largest absolute Gasteiger partial charge is 0.444 e. The van der Waals surface area contributed by atoms with Gasteiger partial charge in [0.25, 0.3) is 0 Å². The van der Waals surface area contributed by atoms with Crippen LogP contribution in [0.5, 0.6) is 0 Å². The van der Waals surface area contributed by atoms with Gasteiger partial charge in [0.1, 0.15) is 5.60 Å². The number of ether oxygens (including phenoxy) is 2. The first-order chi connectivity index (χ1) is 14.8. The Morgan fingerprint density at radius 1 is 1.29 bits per heavy atom. The summed E-state index contributed by atoms with van der Waals surface area (Å²) in [7, 11) is 0. The molecule has 1 spiro atoms. The van der Waals surface area contributed by atoms with Crippen molar-refractivity contribution in [3.8, 4) is 6.07 Å². The molecule has 1 aliphatic carbocycles. The van der Waals surface area contributed by atoms with Crippen LogP contribution in [0.2, 0.25) is 0 Å². The van der Waals surface area contributed by atoms with E-state index in [2.05, 4.69) is 22.8 Å². The molecule has 31 heavy (non-hydrogen) atoms. The zero-order chi connectivity index (χ0) is 21.8. The van der Waals surface area contributed by atoms with Gasteiger partial charge in [-0.3, -0.25) is 0 Å². The standard InChI is InChI=1S/C25H31N3O3/c1-24(2,3)31-23(29)27-9-7-25(8-10-27)14-20(25)22-13-18-5-4-17(15-26)12-21(18)28(22)16-19-6-11-30-19/h4-5,12-13,19-20H,6-11,14,16H2,1-3H3/t19-,20+/m1/s1. The van der Waals surface area contributed by atoms with Gasteiger partial charge in [0.05, 0.1) is 17.7 Å². The van der Waals surface area contributed by atoms with E-state index < -0.39 is 5.60 Å². The van der Waals surface area contributed by atoms with Gasteiger partial charge < -0.3 is 18.9 Å². The molecule has 2 aliphatic heterocycles. The van der Waals surface area contributed by atoms with Crippen LogP contribution in [0.3, 0.4) is 0 Å². The first-order valence-electron chi connectivity index (χ1n) is 11.4. The predicted molar refractivity (Wildman–Crippen MR) is 118 cm³/mol. The number of carbonyl (C=O) groups excluding carboxylic acids is 1. The molecule has 2 saturated heterocycles. The molecule has 6 heteroatoms. The number of amides is 1. The Hall–Kier alpha value is -2.52. The highest BCUT2D eigenvalue weighted by Crippen LogP contribution is 2.65. The number of benzene rings is 1. The van der Waals surface area contributed by atoms with Crippen molar-refractivity contribution in [1.82, 2.24) is 9.47 Å². The Kier molecular flexibility index (Phi) is 4.78. The summed E-state index contributed by atoms with van der Waals surface area (Å²) in [5, 5.41) is 10.6. The normalized spacial score (nSPS) is 24.6. The smallest absolute Gasteiger partial charge is 0.410 e. The number of rotatable bonds is 3. The lowest BCUT2D eigenvalue weighted by Crippen LogP contribution is -2.42. The van der Waals surface area contributed by atoms with E-state index in [9.17, 15) is 10.1 Å². The summed E-state index contributed by atoms with van der Waals surface area (Å²) in [5.74, 6) is 0.506. The number of hydrogen-bond acceptors (Lipinski definition) is 4. The van der Waals surface area contributed by atoms with E-state index in [4.69, 9.17) is 9.47 Å². The molecule has 164 valence electrons. The van der Waals surface area contributed by atoms with Crippen LogP contribution >= 0.6 is 0 Å². The molecule has 0 bridgehead atoms. The minimum absolute atomic E-state index is 0.195. The molecule has 1 aromatic carbocycles. The molecule has 1 saturated carbocycles. The Labute approximate surface area is 183 Å². The van der Waals surface area contributed by atoms with Gasteiger partial charge in [0.2, 0.25) is 0 Å². The SMILES string of the molecule is CC(C)(C)OC(=O)N1CCC2(CC1)C[C@H]2c1cc2ccc(C#N)cc2n1C[C@H]1CCO1. The minimum atomic E-state index is -0.457. The summed E-state index contributed by atoms with van der Waals surface area (Å²) < 4.78 is 13.7. The lowest BCUT2D eigenvalue weighted by Gasteiger charge is -2.34. The molecular formula is C25H31N3O3. The van der Waals surface area contributed by atoms with Crippen molar-refractivity contribution < 1.29 is 14.3 Å². The second-order valence-corrected chi connectivity index (χ2v) is 10.4. The Morgan fingerprint density at radius 2 is 2.03 bits per heavy atom. The zero-order valence-corrected chi connectivity index (χ0v) is 18.7.